The minimum absolute atomic E-state index is 0.00941. The molecule has 1 saturated carbocycles. The van der Waals surface area contributed by atoms with Crippen molar-refractivity contribution < 1.29 is 22.7 Å². The van der Waals surface area contributed by atoms with Gasteiger partial charge < -0.3 is 19.4 Å². The highest BCUT2D eigenvalue weighted by atomic mass is 35.5. The highest BCUT2D eigenvalue weighted by Crippen LogP contribution is 2.48. The first kappa shape index (κ1) is 30.5. The number of anilines is 2. The van der Waals surface area contributed by atoms with Crippen LogP contribution in [-0.2, 0) is 23.9 Å². The van der Waals surface area contributed by atoms with Gasteiger partial charge in [0.05, 0.1) is 47.0 Å². The first-order valence-electron chi connectivity index (χ1n) is 15.0. The third kappa shape index (κ3) is 5.68. The van der Waals surface area contributed by atoms with Crippen molar-refractivity contribution in [2.24, 2.45) is 0 Å². The summed E-state index contributed by atoms with van der Waals surface area (Å²) in [6.45, 7) is 6.26. The molecule has 0 spiro atoms. The maximum Gasteiger partial charge on any atom is 0.419 e. The summed E-state index contributed by atoms with van der Waals surface area (Å²) >= 11 is 6.06. The Morgan fingerprint density at radius 2 is 2.02 bits per heavy atom. The van der Waals surface area contributed by atoms with E-state index in [4.69, 9.17) is 26.3 Å². The normalized spacial score (nSPS) is 23.2. The lowest BCUT2D eigenvalue weighted by molar-refractivity contribution is -0.137. The first-order valence-corrected chi connectivity index (χ1v) is 15.4. The molecule has 0 bridgehead atoms. The predicted octanol–water partition coefficient (Wildman–Crippen LogP) is 4.83. The smallest absolute Gasteiger partial charge is 0.419 e. The van der Waals surface area contributed by atoms with Crippen LogP contribution in [0.15, 0.2) is 30.9 Å². The van der Waals surface area contributed by atoms with Crippen LogP contribution in [0.1, 0.15) is 48.9 Å². The zero-order valence-electron chi connectivity index (χ0n) is 24.6. The molecule has 234 valence electrons. The van der Waals surface area contributed by atoms with Gasteiger partial charge in [-0.1, -0.05) is 24.2 Å². The third-order valence-electron chi connectivity index (χ3n) is 9.37. The molecule has 3 aliphatic heterocycles. The average Bonchev–Trinajstić information content (AvgIpc) is 3.63. The van der Waals surface area contributed by atoms with Crippen molar-refractivity contribution in [3.63, 3.8) is 0 Å². The van der Waals surface area contributed by atoms with E-state index in [1.54, 1.807) is 9.80 Å². The van der Waals surface area contributed by atoms with Gasteiger partial charge >= 0.3 is 12.2 Å². The van der Waals surface area contributed by atoms with E-state index in [0.29, 0.717) is 44.1 Å². The maximum atomic E-state index is 14.1. The summed E-state index contributed by atoms with van der Waals surface area (Å²) in [4.78, 5) is 30.0. The number of hydrogen-bond donors (Lipinski definition) is 0. The molecule has 0 N–H and O–H groups in total. The minimum atomic E-state index is -4.62. The number of piperazine rings is 1. The van der Waals surface area contributed by atoms with Gasteiger partial charge in [0, 0.05) is 37.8 Å². The van der Waals surface area contributed by atoms with Crippen molar-refractivity contribution in [3.05, 3.63) is 52.7 Å². The summed E-state index contributed by atoms with van der Waals surface area (Å²) in [6.07, 6.45) is 1.06. The molecule has 9 nitrogen and oxygen atoms in total. The third-order valence-corrected chi connectivity index (χ3v) is 9.69. The van der Waals surface area contributed by atoms with E-state index in [-0.39, 0.29) is 53.3 Å². The number of carbonyl (C=O) groups is 1. The number of aromatic nitrogens is 2. The van der Waals surface area contributed by atoms with E-state index in [9.17, 15) is 23.2 Å². The van der Waals surface area contributed by atoms with Gasteiger partial charge in [-0.3, -0.25) is 9.69 Å². The number of nitriles is 1. The molecule has 1 aromatic heterocycles. The number of halogens is 4. The van der Waals surface area contributed by atoms with Crippen molar-refractivity contribution in [1.29, 1.82) is 5.26 Å². The minimum Gasteiger partial charge on any atom is -0.455 e. The topological polar surface area (TPSA) is 88.8 Å². The van der Waals surface area contributed by atoms with Crippen molar-refractivity contribution in [1.82, 2.24) is 19.8 Å². The van der Waals surface area contributed by atoms with Gasteiger partial charge in [-0.2, -0.15) is 28.4 Å². The first-order chi connectivity index (χ1) is 21.0. The quantitative estimate of drug-likeness (QED) is 0.403. The van der Waals surface area contributed by atoms with E-state index in [1.807, 2.05) is 0 Å². The standard InChI is InChI=1S/C31H35ClF3N7O2/c1-3-26(43)42-17-16-41(18-20(42)9-13-36)28-21-10-15-40(24-7-4-6-22(32)27(24)31(33,34)35)19-23(21)37-29(38-28)44-30(11-12-30)25-8-5-14-39(25)2/h3-4,6-7,20,25H,1,5,8-12,14-19H2,2H3/t20-,25-/m0/s1. The highest BCUT2D eigenvalue weighted by Gasteiger charge is 2.55. The molecule has 6 rings (SSSR count). The Kier molecular flexibility index (Phi) is 8.13. The summed E-state index contributed by atoms with van der Waals surface area (Å²) in [5.74, 6) is 0.420. The second kappa shape index (κ2) is 11.7. The molecule has 44 heavy (non-hydrogen) atoms. The molecule has 2 saturated heterocycles. The summed E-state index contributed by atoms with van der Waals surface area (Å²) in [5.41, 5.74) is 0.196. The number of carbonyl (C=O) groups excluding carboxylic acids is 1. The van der Waals surface area contributed by atoms with Crippen molar-refractivity contribution >= 4 is 29.0 Å². The molecule has 13 heteroatoms. The molecule has 0 unspecified atom stereocenters. The van der Waals surface area contributed by atoms with E-state index >= 15 is 0 Å². The lowest BCUT2D eigenvalue weighted by atomic mass is 10.0. The van der Waals surface area contributed by atoms with Gasteiger partial charge in [0.15, 0.2) is 0 Å². The fourth-order valence-corrected chi connectivity index (χ4v) is 7.35. The number of likely N-dealkylation sites (tertiary alicyclic amines) is 1. The zero-order valence-corrected chi connectivity index (χ0v) is 25.4. The average molecular weight is 630 g/mol. The largest absolute Gasteiger partial charge is 0.455 e. The van der Waals surface area contributed by atoms with Crippen LogP contribution in [-0.4, -0.2) is 83.1 Å². The number of benzene rings is 1. The van der Waals surface area contributed by atoms with Crippen molar-refractivity contribution in [2.45, 2.75) is 68.9 Å². The van der Waals surface area contributed by atoms with Crippen LogP contribution < -0.4 is 14.5 Å². The predicted molar refractivity (Wildman–Crippen MR) is 160 cm³/mol. The summed E-state index contributed by atoms with van der Waals surface area (Å²) in [7, 11) is 2.10. The van der Waals surface area contributed by atoms with Gasteiger partial charge in [0.25, 0.3) is 0 Å². The van der Waals surface area contributed by atoms with Gasteiger partial charge in [-0.25, -0.2) is 0 Å². The number of hydrogen-bond acceptors (Lipinski definition) is 8. The molecule has 2 atom stereocenters. The highest BCUT2D eigenvalue weighted by molar-refractivity contribution is 6.31. The van der Waals surface area contributed by atoms with Crippen LogP contribution in [0.4, 0.5) is 24.7 Å². The number of fused-ring (bicyclic) bond motifs is 1. The van der Waals surface area contributed by atoms with E-state index in [0.717, 1.165) is 37.8 Å². The Hall–Kier alpha value is -3.56. The van der Waals surface area contributed by atoms with Crippen LogP contribution in [0, 0.1) is 11.3 Å². The molecule has 4 heterocycles. The maximum absolute atomic E-state index is 14.1. The van der Waals surface area contributed by atoms with Gasteiger partial charge in [-0.05, 0) is 63.9 Å². The Labute approximate surface area is 259 Å². The van der Waals surface area contributed by atoms with Crippen LogP contribution in [0.25, 0.3) is 0 Å². The Balaban J connectivity index is 1.37. The van der Waals surface area contributed by atoms with Crippen molar-refractivity contribution in [3.8, 4) is 12.1 Å². The van der Waals surface area contributed by atoms with Gasteiger partial charge in [0.2, 0.25) is 5.91 Å². The van der Waals surface area contributed by atoms with E-state index < -0.39 is 11.7 Å². The molecule has 2 aromatic rings. The van der Waals surface area contributed by atoms with Crippen LogP contribution in [0.3, 0.4) is 0 Å². The van der Waals surface area contributed by atoms with Gasteiger partial charge in [-0.15, -0.1) is 0 Å². The van der Waals surface area contributed by atoms with Crippen LogP contribution >= 0.6 is 11.6 Å². The zero-order chi connectivity index (χ0) is 31.2. The fraction of sp³-hybridized carbons (Fsp3) is 0.548. The molecular weight excluding hydrogens is 595 g/mol. The molecule has 3 fully saturated rings. The number of nitrogens with zero attached hydrogens (tertiary/aromatic N) is 7. The summed E-state index contributed by atoms with van der Waals surface area (Å²) in [6, 6.07) is 6.50. The number of rotatable bonds is 7. The Morgan fingerprint density at radius 1 is 1.23 bits per heavy atom. The van der Waals surface area contributed by atoms with Gasteiger partial charge in [0.1, 0.15) is 11.4 Å². The van der Waals surface area contributed by atoms with Crippen molar-refractivity contribution in [2.75, 3.05) is 49.6 Å². The molecule has 4 aliphatic rings. The monoisotopic (exact) mass is 629 g/mol. The lowest BCUT2D eigenvalue weighted by Gasteiger charge is -2.42. The number of amides is 1. The second-order valence-electron chi connectivity index (χ2n) is 12.1. The molecular formula is C31H35ClF3N7O2. The lowest BCUT2D eigenvalue weighted by Crippen LogP contribution is -2.55. The Bertz CT molecular complexity index is 1490. The number of alkyl halides is 3. The number of likely N-dealkylation sites (N-methyl/N-ethyl adjacent to an activating group) is 1. The fourth-order valence-electron chi connectivity index (χ4n) is 7.08. The molecule has 0 radical (unpaired) electrons. The molecule has 1 aromatic carbocycles. The number of ether oxygens (including phenoxy) is 1. The van der Waals surface area contributed by atoms with E-state index in [2.05, 4.69) is 29.5 Å². The molecule has 1 amide bonds. The second-order valence-corrected chi connectivity index (χ2v) is 12.5. The summed E-state index contributed by atoms with van der Waals surface area (Å²) < 4.78 is 48.9. The molecule has 1 aliphatic carbocycles. The van der Waals surface area contributed by atoms with Crippen LogP contribution in [0.2, 0.25) is 5.02 Å². The Morgan fingerprint density at radius 3 is 2.68 bits per heavy atom. The summed E-state index contributed by atoms with van der Waals surface area (Å²) in [5, 5.41) is 9.16. The SMILES string of the molecule is C=CC(=O)N1CCN(c2nc(OC3([C@@H]4CCCN4C)CC3)nc3c2CCN(c2cccc(Cl)c2C(F)(F)F)C3)C[C@@H]1CC#N. The van der Waals surface area contributed by atoms with Crippen LogP contribution in [0.5, 0.6) is 6.01 Å². The van der Waals surface area contributed by atoms with E-state index in [1.165, 1.54) is 24.3 Å².